The number of hydrogen-bond acceptors (Lipinski definition) is 4. The predicted octanol–water partition coefficient (Wildman–Crippen LogP) is 2.64. The van der Waals surface area contributed by atoms with Crippen molar-refractivity contribution in [2.24, 2.45) is 7.05 Å². The van der Waals surface area contributed by atoms with E-state index in [1.165, 1.54) is 5.56 Å². The largest absolute Gasteiger partial charge is 0.381 e. The molecule has 1 aliphatic heterocycles. The summed E-state index contributed by atoms with van der Waals surface area (Å²) >= 11 is 1.58. The van der Waals surface area contributed by atoms with Gasteiger partial charge in [0.1, 0.15) is 0 Å². The fraction of sp³-hybridized carbons (Fsp3) is 0.333. The standard InChI is InChI=1S/C15H18N4OS/c1-3-12-10(8-19(2)18-12)7-16-11-4-5-14-13(6-11)17-15(20)9-21-14/h4-6,8,16H,3,7,9H2,1-2H3,(H,17,20). The van der Waals surface area contributed by atoms with E-state index < -0.39 is 0 Å². The highest BCUT2D eigenvalue weighted by molar-refractivity contribution is 8.00. The van der Waals surface area contributed by atoms with Crippen molar-refractivity contribution >= 4 is 29.0 Å². The molecule has 0 radical (unpaired) electrons. The Morgan fingerprint density at radius 1 is 1.48 bits per heavy atom. The summed E-state index contributed by atoms with van der Waals surface area (Å²) in [5.41, 5.74) is 4.22. The Hall–Kier alpha value is -1.95. The van der Waals surface area contributed by atoms with Gasteiger partial charge in [-0.2, -0.15) is 5.10 Å². The highest BCUT2D eigenvalue weighted by atomic mass is 32.2. The monoisotopic (exact) mass is 302 g/mol. The summed E-state index contributed by atoms with van der Waals surface area (Å²) in [6, 6.07) is 6.08. The second-order valence-electron chi connectivity index (χ2n) is 5.03. The number of carbonyl (C=O) groups excluding carboxylic acids is 1. The molecule has 0 saturated heterocycles. The van der Waals surface area contributed by atoms with E-state index in [1.54, 1.807) is 11.8 Å². The molecule has 1 aliphatic rings. The van der Waals surface area contributed by atoms with Gasteiger partial charge in [-0.05, 0) is 24.6 Å². The number of anilines is 2. The molecular weight excluding hydrogens is 284 g/mol. The highest BCUT2D eigenvalue weighted by Crippen LogP contribution is 2.33. The average molecular weight is 302 g/mol. The zero-order chi connectivity index (χ0) is 14.8. The van der Waals surface area contributed by atoms with Crippen LogP contribution >= 0.6 is 11.8 Å². The van der Waals surface area contributed by atoms with Gasteiger partial charge in [-0.3, -0.25) is 9.48 Å². The van der Waals surface area contributed by atoms with Gasteiger partial charge in [0.05, 0.1) is 17.1 Å². The molecule has 0 fully saturated rings. The first-order chi connectivity index (χ1) is 10.2. The summed E-state index contributed by atoms with van der Waals surface area (Å²) in [4.78, 5) is 12.6. The van der Waals surface area contributed by atoms with Gasteiger partial charge >= 0.3 is 0 Å². The summed E-state index contributed by atoms with van der Waals surface area (Å²) in [5.74, 6) is 0.556. The van der Waals surface area contributed by atoms with Crippen molar-refractivity contribution in [2.75, 3.05) is 16.4 Å². The summed E-state index contributed by atoms with van der Waals surface area (Å²) in [6.07, 6.45) is 2.97. The summed E-state index contributed by atoms with van der Waals surface area (Å²) in [7, 11) is 1.94. The molecule has 1 aromatic heterocycles. The van der Waals surface area contributed by atoms with Crippen LogP contribution in [0.25, 0.3) is 0 Å². The van der Waals surface area contributed by atoms with Crippen molar-refractivity contribution in [2.45, 2.75) is 24.8 Å². The molecular formula is C15H18N4OS. The average Bonchev–Trinajstić information content (AvgIpc) is 2.84. The Balaban J connectivity index is 1.73. The minimum Gasteiger partial charge on any atom is -0.381 e. The van der Waals surface area contributed by atoms with Gasteiger partial charge in [0, 0.05) is 35.9 Å². The predicted molar refractivity (Wildman–Crippen MR) is 85.7 cm³/mol. The van der Waals surface area contributed by atoms with E-state index in [1.807, 2.05) is 36.1 Å². The lowest BCUT2D eigenvalue weighted by molar-refractivity contribution is -0.113. The Kier molecular flexibility index (Phi) is 3.88. The van der Waals surface area contributed by atoms with Crippen LogP contribution in [0.1, 0.15) is 18.2 Å². The van der Waals surface area contributed by atoms with Crippen LogP contribution in [0.4, 0.5) is 11.4 Å². The molecule has 2 heterocycles. The first-order valence-electron chi connectivity index (χ1n) is 6.97. The van der Waals surface area contributed by atoms with Crippen molar-refractivity contribution in [1.82, 2.24) is 9.78 Å². The molecule has 0 atom stereocenters. The Labute approximate surface area is 128 Å². The van der Waals surface area contributed by atoms with Gasteiger partial charge in [0.15, 0.2) is 0 Å². The molecule has 1 amide bonds. The molecule has 2 aromatic rings. The van der Waals surface area contributed by atoms with E-state index in [9.17, 15) is 4.79 Å². The van der Waals surface area contributed by atoms with Crippen LogP contribution in [-0.4, -0.2) is 21.4 Å². The smallest absolute Gasteiger partial charge is 0.234 e. The van der Waals surface area contributed by atoms with Gasteiger partial charge in [-0.15, -0.1) is 11.8 Å². The number of hydrogen-bond donors (Lipinski definition) is 2. The molecule has 1 aromatic carbocycles. The molecule has 6 heteroatoms. The van der Waals surface area contributed by atoms with Gasteiger partial charge in [0.2, 0.25) is 5.91 Å². The third kappa shape index (κ3) is 3.05. The van der Waals surface area contributed by atoms with Crippen LogP contribution in [0.5, 0.6) is 0 Å². The third-order valence-corrected chi connectivity index (χ3v) is 4.50. The van der Waals surface area contributed by atoms with E-state index >= 15 is 0 Å². The normalized spacial score (nSPS) is 13.7. The number of rotatable bonds is 4. The van der Waals surface area contributed by atoms with Gasteiger partial charge < -0.3 is 10.6 Å². The van der Waals surface area contributed by atoms with E-state index in [-0.39, 0.29) is 5.91 Å². The van der Waals surface area contributed by atoms with Crippen molar-refractivity contribution < 1.29 is 4.79 Å². The first-order valence-corrected chi connectivity index (χ1v) is 7.96. The van der Waals surface area contributed by atoms with Crippen molar-refractivity contribution in [3.63, 3.8) is 0 Å². The van der Waals surface area contributed by atoms with Gasteiger partial charge in [-0.25, -0.2) is 0 Å². The number of carbonyl (C=O) groups is 1. The molecule has 0 saturated carbocycles. The maximum Gasteiger partial charge on any atom is 0.234 e. The number of aryl methyl sites for hydroxylation is 2. The molecule has 0 bridgehead atoms. The number of benzene rings is 1. The minimum absolute atomic E-state index is 0.0604. The lowest BCUT2D eigenvalue weighted by Gasteiger charge is -2.17. The Morgan fingerprint density at radius 2 is 2.33 bits per heavy atom. The van der Waals surface area contributed by atoms with E-state index in [4.69, 9.17) is 0 Å². The molecule has 0 unspecified atom stereocenters. The molecule has 0 aliphatic carbocycles. The number of aromatic nitrogens is 2. The second-order valence-corrected chi connectivity index (χ2v) is 6.05. The molecule has 3 rings (SSSR count). The lowest BCUT2D eigenvalue weighted by atomic mass is 10.2. The number of nitrogens with one attached hydrogen (secondary N) is 2. The lowest BCUT2D eigenvalue weighted by Crippen LogP contribution is -2.18. The number of thioether (sulfide) groups is 1. The number of fused-ring (bicyclic) bond motifs is 1. The van der Waals surface area contributed by atoms with E-state index in [2.05, 4.69) is 22.7 Å². The summed E-state index contributed by atoms with van der Waals surface area (Å²) in [5, 5.41) is 10.7. The van der Waals surface area contributed by atoms with E-state index in [0.717, 1.165) is 34.9 Å². The zero-order valence-corrected chi connectivity index (χ0v) is 13.0. The topological polar surface area (TPSA) is 59.0 Å². The SMILES string of the molecule is CCc1nn(C)cc1CNc1ccc2c(c1)NC(=O)CS2. The second kappa shape index (κ2) is 5.81. The van der Waals surface area contributed by atoms with Crippen molar-refractivity contribution in [3.8, 4) is 0 Å². The van der Waals surface area contributed by atoms with Crippen LogP contribution in [0.15, 0.2) is 29.3 Å². The summed E-state index contributed by atoms with van der Waals surface area (Å²) in [6.45, 7) is 2.84. The quantitative estimate of drug-likeness (QED) is 0.911. The molecule has 110 valence electrons. The Morgan fingerprint density at radius 3 is 3.14 bits per heavy atom. The fourth-order valence-electron chi connectivity index (χ4n) is 2.42. The maximum absolute atomic E-state index is 11.4. The molecule has 5 nitrogen and oxygen atoms in total. The van der Waals surface area contributed by atoms with Gasteiger partial charge in [0.25, 0.3) is 0 Å². The van der Waals surface area contributed by atoms with Crippen LogP contribution in [-0.2, 0) is 24.8 Å². The summed E-state index contributed by atoms with van der Waals surface area (Å²) < 4.78 is 1.85. The van der Waals surface area contributed by atoms with Crippen LogP contribution in [0, 0.1) is 0 Å². The number of amides is 1. The van der Waals surface area contributed by atoms with Crippen molar-refractivity contribution in [1.29, 1.82) is 0 Å². The fourth-order valence-corrected chi connectivity index (χ4v) is 3.21. The maximum atomic E-state index is 11.4. The van der Waals surface area contributed by atoms with E-state index in [0.29, 0.717) is 5.75 Å². The third-order valence-electron chi connectivity index (χ3n) is 3.42. The molecule has 21 heavy (non-hydrogen) atoms. The highest BCUT2D eigenvalue weighted by Gasteiger charge is 2.15. The molecule has 0 spiro atoms. The van der Waals surface area contributed by atoms with Gasteiger partial charge in [-0.1, -0.05) is 6.92 Å². The number of nitrogens with zero attached hydrogens (tertiary/aromatic N) is 2. The van der Waals surface area contributed by atoms with Crippen molar-refractivity contribution in [3.05, 3.63) is 35.7 Å². The van der Waals surface area contributed by atoms with Crippen LogP contribution < -0.4 is 10.6 Å². The Bertz CT molecular complexity index is 680. The first kappa shape index (κ1) is 14.0. The molecule has 2 N–H and O–H groups in total. The zero-order valence-electron chi connectivity index (χ0n) is 12.1. The minimum atomic E-state index is 0.0604. The van der Waals surface area contributed by atoms with Crippen LogP contribution in [0.2, 0.25) is 0 Å². The van der Waals surface area contributed by atoms with Crippen LogP contribution in [0.3, 0.4) is 0 Å².